The maximum Gasteiger partial charge on any atom is 0.261 e. The number of para-hydroxylation sites is 2. The van der Waals surface area contributed by atoms with Crippen LogP contribution in [0, 0.1) is 0 Å². The van der Waals surface area contributed by atoms with Crippen LogP contribution in [0.3, 0.4) is 0 Å². The summed E-state index contributed by atoms with van der Waals surface area (Å²) in [6, 6.07) is 20.5. The highest BCUT2D eigenvalue weighted by molar-refractivity contribution is 7.99. The van der Waals surface area contributed by atoms with Gasteiger partial charge in [0.25, 0.3) is 5.91 Å². The fourth-order valence-electron chi connectivity index (χ4n) is 3.52. The molecule has 1 aliphatic heterocycles. The van der Waals surface area contributed by atoms with E-state index in [4.69, 9.17) is 0 Å². The van der Waals surface area contributed by atoms with E-state index in [1.165, 1.54) is 32.5 Å². The smallest absolute Gasteiger partial charge is 0.261 e. The average Bonchev–Trinajstić information content (AvgIpc) is 3.34. The number of anilines is 2. The van der Waals surface area contributed by atoms with E-state index in [1.807, 2.05) is 11.4 Å². The molecule has 4 rings (SSSR count). The number of rotatable bonds is 9. The van der Waals surface area contributed by atoms with Crippen LogP contribution in [-0.4, -0.2) is 31.4 Å². The lowest BCUT2D eigenvalue weighted by Gasteiger charge is -2.32. The molecule has 2 N–H and O–H groups in total. The maximum absolute atomic E-state index is 12.1. The van der Waals surface area contributed by atoms with E-state index in [9.17, 15) is 9.59 Å². The number of carbonyl (C=O) groups is 2. The van der Waals surface area contributed by atoms with Crippen molar-refractivity contribution < 1.29 is 9.59 Å². The van der Waals surface area contributed by atoms with E-state index >= 15 is 0 Å². The number of nitrogens with one attached hydrogen (secondary N) is 2. The zero-order valence-corrected chi connectivity index (χ0v) is 18.8. The number of benzene rings is 2. The molecule has 31 heavy (non-hydrogen) atoms. The Hall–Kier alpha value is -2.77. The number of amides is 2. The van der Waals surface area contributed by atoms with Gasteiger partial charge in [0.1, 0.15) is 0 Å². The van der Waals surface area contributed by atoms with Crippen LogP contribution in [0.1, 0.15) is 28.9 Å². The van der Waals surface area contributed by atoms with Gasteiger partial charge in [0, 0.05) is 35.8 Å². The van der Waals surface area contributed by atoms with Crippen LogP contribution in [0.25, 0.3) is 0 Å². The molecule has 1 aliphatic rings. The Morgan fingerprint density at radius 3 is 2.16 bits per heavy atom. The fourth-order valence-corrected chi connectivity index (χ4v) is 5.26. The first kappa shape index (κ1) is 21.5. The molecular weight excluding hydrogens is 426 g/mol. The molecule has 2 aromatic carbocycles. The van der Waals surface area contributed by atoms with Gasteiger partial charge < -0.3 is 15.5 Å². The van der Waals surface area contributed by atoms with Crippen molar-refractivity contribution in [3.8, 4) is 0 Å². The highest BCUT2D eigenvalue weighted by Crippen LogP contribution is 2.47. The largest absolute Gasteiger partial charge is 0.356 e. The Kier molecular flexibility index (Phi) is 7.27. The van der Waals surface area contributed by atoms with E-state index in [0.717, 1.165) is 13.0 Å². The number of carbonyl (C=O) groups excluding carboxylic acids is 2. The van der Waals surface area contributed by atoms with Gasteiger partial charge in [0.2, 0.25) is 5.91 Å². The molecule has 0 atom stereocenters. The van der Waals surface area contributed by atoms with Crippen molar-refractivity contribution in [2.24, 2.45) is 0 Å². The lowest BCUT2D eigenvalue weighted by atomic mass is 10.2. The molecule has 7 heteroatoms. The third-order valence-electron chi connectivity index (χ3n) is 5.02. The normalized spacial score (nSPS) is 12.1. The summed E-state index contributed by atoms with van der Waals surface area (Å²) in [5, 5.41) is 7.73. The second-order valence-electron chi connectivity index (χ2n) is 7.23. The molecule has 160 valence electrons. The van der Waals surface area contributed by atoms with Crippen LogP contribution in [-0.2, 0) is 4.79 Å². The molecular formula is C24H25N3O2S2. The van der Waals surface area contributed by atoms with Crippen molar-refractivity contribution in [2.45, 2.75) is 29.1 Å². The fraction of sp³-hybridized carbons (Fsp3) is 0.250. The molecule has 2 heterocycles. The number of fused-ring (bicyclic) bond motifs is 2. The summed E-state index contributed by atoms with van der Waals surface area (Å²) < 4.78 is 0. The first-order valence-electron chi connectivity index (χ1n) is 10.4. The summed E-state index contributed by atoms with van der Waals surface area (Å²) in [4.78, 5) is 29.6. The zero-order chi connectivity index (χ0) is 21.5. The molecule has 5 nitrogen and oxygen atoms in total. The van der Waals surface area contributed by atoms with E-state index in [1.54, 1.807) is 17.8 Å². The quantitative estimate of drug-likeness (QED) is 0.446. The predicted molar refractivity (Wildman–Crippen MR) is 128 cm³/mol. The van der Waals surface area contributed by atoms with Gasteiger partial charge in [-0.25, -0.2) is 0 Å². The molecule has 1 aromatic heterocycles. The molecule has 0 radical (unpaired) electrons. The summed E-state index contributed by atoms with van der Waals surface area (Å²) in [6.07, 6.45) is 1.90. The third kappa shape index (κ3) is 5.48. The summed E-state index contributed by atoms with van der Waals surface area (Å²) in [5.74, 6) is -0.0453. The first-order valence-corrected chi connectivity index (χ1v) is 12.1. The zero-order valence-electron chi connectivity index (χ0n) is 17.2. The van der Waals surface area contributed by atoms with Crippen LogP contribution in [0.5, 0.6) is 0 Å². The molecule has 3 aromatic rings. The number of hydrogen-bond acceptors (Lipinski definition) is 5. The van der Waals surface area contributed by atoms with Crippen LogP contribution in [0.4, 0.5) is 11.4 Å². The van der Waals surface area contributed by atoms with Gasteiger partial charge in [0.05, 0.1) is 16.3 Å². The van der Waals surface area contributed by atoms with Crippen LogP contribution in [0.15, 0.2) is 75.8 Å². The van der Waals surface area contributed by atoms with Gasteiger partial charge in [0.15, 0.2) is 0 Å². The van der Waals surface area contributed by atoms with Crippen molar-refractivity contribution in [2.75, 3.05) is 24.5 Å². The summed E-state index contributed by atoms with van der Waals surface area (Å²) in [5.41, 5.74) is 2.44. The number of thiophene rings is 1. The molecule has 0 unspecified atom stereocenters. The monoisotopic (exact) mass is 451 g/mol. The minimum atomic E-state index is -0.0735. The van der Waals surface area contributed by atoms with Gasteiger partial charge in [-0.2, -0.15) is 0 Å². The Balaban J connectivity index is 1.20. The SMILES string of the molecule is O=C(CCCNC(=O)c1cccs1)NCCCN1c2ccccc2Sc2ccccc21. The third-order valence-corrected chi connectivity index (χ3v) is 7.02. The highest BCUT2D eigenvalue weighted by Gasteiger charge is 2.22. The first-order chi connectivity index (χ1) is 15.2. The second kappa shape index (κ2) is 10.5. The van der Waals surface area contributed by atoms with E-state index < -0.39 is 0 Å². The second-order valence-corrected chi connectivity index (χ2v) is 9.26. The van der Waals surface area contributed by atoms with Crippen molar-refractivity contribution in [3.05, 3.63) is 70.9 Å². The standard InChI is InChI=1S/C24H25N3O2S2/c28-23(13-5-14-26-24(29)22-12-6-17-30-22)25-15-7-16-27-18-8-1-3-10-20(18)31-21-11-4-2-9-19(21)27/h1-4,6,8-12,17H,5,7,13-16H2,(H,25,28)(H,26,29). The van der Waals surface area contributed by atoms with Gasteiger partial charge in [-0.15, -0.1) is 11.3 Å². The van der Waals surface area contributed by atoms with Gasteiger partial charge >= 0.3 is 0 Å². The molecule has 2 amide bonds. The molecule has 0 aliphatic carbocycles. The number of hydrogen-bond donors (Lipinski definition) is 2. The minimum Gasteiger partial charge on any atom is -0.356 e. The van der Waals surface area contributed by atoms with E-state index in [0.29, 0.717) is 30.8 Å². The predicted octanol–water partition coefficient (Wildman–Crippen LogP) is 5.07. The van der Waals surface area contributed by atoms with Gasteiger partial charge in [-0.05, 0) is 48.6 Å². The van der Waals surface area contributed by atoms with Crippen molar-refractivity contribution >= 4 is 46.3 Å². The summed E-state index contributed by atoms with van der Waals surface area (Å²) in [7, 11) is 0. The van der Waals surface area contributed by atoms with Gasteiger partial charge in [-0.1, -0.05) is 42.1 Å². The molecule has 0 saturated heterocycles. The Morgan fingerprint density at radius 1 is 0.806 bits per heavy atom. The summed E-state index contributed by atoms with van der Waals surface area (Å²) in [6.45, 7) is 1.98. The van der Waals surface area contributed by atoms with Crippen LogP contribution >= 0.6 is 23.1 Å². The topological polar surface area (TPSA) is 61.4 Å². The van der Waals surface area contributed by atoms with Crippen LogP contribution in [0.2, 0.25) is 0 Å². The maximum atomic E-state index is 12.1. The lowest BCUT2D eigenvalue weighted by molar-refractivity contribution is -0.121. The molecule has 0 spiro atoms. The lowest BCUT2D eigenvalue weighted by Crippen LogP contribution is -2.30. The Morgan fingerprint density at radius 2 is 1.48 bits per heavy atom. The number of nitrogens with zero attached hydrogens (tertiary/aromatic N) is 1. The Bertz CT molecular complexity index is 991. The highest BCUT2D eigenvalue weighted by atomic mass is 32.2. The van der Waals surface area contributed by atoms with Gasteiger partial charge in [-0.3, -0.25) is 9.59 Å². The average molecular weight is 452 g/mol. The van der Waals surface area contributed by atoms with Crippen LogP contribution < -0.4 is 15.5 Å². The van der Waals surface area contributed by atoms with Crippen molar-refractivity contribution in [3.63, 3.8) is 0 Å². The van der Waals surface area contributed by atoms with E-state index in [-0.39, 0.29) is 11.8 Å². The van der Waals surface area contributed by atoms with Crippen molar-refractivity contribution in [1.82, 2.24) is 10.6 Å². The Labute approximate surface area is 190 Å². The molecule has 0 fully saturated rings. The van der Waals surface area contributed by atoms with E-state index in [2.05, 4.69) is 64.1 Å². The molecule has 0 saturated carbocycles. The molecule has 0 bridgehead atoms. The van der Waals surface area contributed by atoms with Crippen molar-refractivity contribution in [1.29, 1.82) is 0 Å². The summed E-state index contributed by atoms with van der Waals surface area (Å²) >= 11 is 3.22. The minimum absolute atomic E-state index is 0.0281.